The molecule has 1 saturated carbocycles. The molecule has 0 spiro atoms. The van der Waals surface area contributed by atoms with Crippen LogP contribution in [-0.4, -0.2) is 24.6 Å². The molecule has 140 valence electrons. The number of carbonyl (C=O) groups excluding carboxylic acids is 2. The van der Waals surface area contributed by atoms with Gasteiger partial charge in [-0.2, -0.15) is 5.10 Å². The van der Waals surface area contributed by atoms with Crippen LogP contribution in [0.2, 0.25) is 5.02 Å². The zero-order valence-corrected chi connectivity index (χ0v) is 15.8. The first-order chi connectivity index (χ1) is 13.0. The van der Waals surface area contributed by atoms with E-state index in [-0.39, 0.29) is 11.8 Å². The van der Waals surface area contributed by atoms with E-state index in [1.807, 2.05) is 24.3 Å². The highest BCUT2D eigenvalue weighted by Gasteiger charge is 2.29. The van der Waals surface area contributed by atoms with Crippen LogP contribution in [0, 0.1) is 5.92 Å². The highest BCUT2D eigenvalue weighted by molar-refractivity contribution is 6.31. The molecule has 1 fully saturated rings. The number of hydrogen-bond donors (Lipinski definition) is 2. The fourth-order valence-corrected chi connectivity index (χ4v) is 2.70. The maximum atomic E-state index is 12.4. The highest BCUT2D eigenvalue weighted by atomic mass is 35.5. The Hall–Kier alpha value is -2.86. The fourth-order valence-electron chi connectivity index (χ4n) is 2.53. The normalized spacial score (nSPS) is 13.8. The molecule has 0 aliphatic heterocycles. The van der Waals surface area contributed by atoms with Gasteiger partial charge in [-0.3, -0.25) is 9.59 Å². The second kappa shape index (κ2) is 8.22. The molecular formula is C20H20ClN3O3. The molecule has 2 aromatic carbocycles. The van der Waals surface area contributed by atoms with Crippen molar-refractivity contribution >= 4 is 34.8 Å². The number of carbonyl (C=O) groups is 2. The van der Waals surface area contributed by atoms with Crippen LogP contribution in [-0.2, 0) is 4.79 Å². The standard InChI is InChI=1S/C20H20ClN3O3/c1-12(14-4-3-5-16(10-14)22-19(25)13-6-7-13)23-24-20(26)17-11-15(21)8-9-18(17)27-2/h3-5,8-11,13H,6-7H2,1-2H3,(H,22,25)(H,24,26). The number of amides is 2. The summed E-state index contributed by atoms with van der Waals surface area (Å²) in [7, 11) is 1.48. The largest absolute Gasteiger partial charge is 0.496 e. The first kappa shape index (κ1) is 18.9. The average molecular weight is 386 g/mol. The lowest BCUT2D eigenvalue weighted by atomic mass is 10.1. The van der Waals surface area contributed by atoms with Gasteiger partial charge in [0.05, 0.1) is 18.4 Å². The Morgan fingerprint density at radius 2 is 1.96 bits per heavy atom. The summed E-state index contributed by atoms with van der Waals surface area (Å²) in [5.41, 5.74) is 4.92. The van der Waals surface area contributed by atoms with E-state index in [2.05, 4.69) is 15.8 Å². The third-order valence-corrected chi connectivity index (χ3v) is 4.46. The molecule has 0 heterocycles. The zero-order chi connectivity index (χ0) is 19.4. The maximum absolute atomic E-state index is 12.4. The second-order valence-electron chi connectivity index (χ2n) is 6.33. The number of hydrogen-bond acceptors (Lipinski definition) is 4. The Morgan fingerprint density at radius 1 is 1.19 bits per heavy atom. The van der Waals surface area contributed by atoms with Crippen molar-refractivity contribution in [1.29, 1.82) is 0 Å². The first-order valence-electron chi connectivity index (χ1n) is 8.57. The van der Waals surface area contributed by atoms with E-state index >= 15 is 0 Å². The Bertz CT molecular complexity index is 907. The van der Waals surface area contributed by atoms with Gasteiger partial charge in [-0.15, -0.1) is 0 Å². The molecule has 1 aliphatic rings. The lowest BCUT2D eigenvalue weighted by molar-refractivity contribution is -0.117. The number of rotatable bonds is 6. The summed E-state index contributed by atoms with van der Waals surface area (Å²) in [4.78, 5) is 24.3. The van der Waals surface area contributed by atoms with Crippen molar-refractivity contribution in [2.24, 2.45) is 11.0 Å². The van der Waals surface area contributed by atoms with Crippen LogP contribution in [0.15, 0.2) is 47.6 Å². The molecule has 3 rings (SSSR count). The van der Waals surface area contributed by atoms with Gasteiger partial charge >= 0.3 is 0 Å². The van der Waals surface area contributed by atoms with Gasteiger partial charge in [0.25, 0.3) is 5.91 Å². The molecule has 0 bridgehead atoms. The van der Waals surface area contributed by atoms with Crippen molar-refractivity contribution in [3.05, 3.63) is 58.6 Å². The molecule has 2 aromatic rings. The SMILES string of the molecule is COc1ccc(Cl)cc1C(=O)NN=C(C)c1cccc(NC(=O)C2CC2)c1. The van der Waals surface area contributed by atoms with Gasteiger partial charge in [-0.25, -0.2) is 5.43 Å². The smallest absolute Gasteiger partial charge is 0.275 e. The third-order valence-electron chi connectivity index (χ3n) is 4.23. The van der Waals surface area contributed by atoms with E-state index in [0.29, 0.717) is 27.7 Å². The molecular weight excluding hydrogens is 366 g/mol. The minimum absolute atomic E-state index is 0.0445. The average Bonchev–Trinajstić information content (AvgIpc) is 3.51. The number of hydrazone groups is 1. The van der Waals surface area contributed by atoms with E-state index in [0.717, 1.165) is 18.4 Å². The van der Waals surface area contributed by atoms with E-state index < -0.39 is 5.91 Å². The van der Waals surface area contributed by atoms with Crippen molar-refractivity contribution < 1.29 is 14.3 Å². The van der Waals surface area contributed by atoms with Crippen molar-refractivity contribution in [3.8, 4) is 5.75 Å². The van der Waals surface area contributed by atoms with Gasteiger partial charge < -0.3 is 10.1 Å². The van der Waals surface area contributed by atoms with Crippen LogP contribution in [0.4, 0.5) is 5.69 Å². The first-order valence-corrected chi connectivity index (χ1v) is 8.95. The summed E-state index contributed by atoms with van der Waals surface area (Å²) in [6, 6.07) is 12.1. The predicted molar refractivity (Wildman–Crippen MR) is 105 cm³/mol. The minimum Gasteiger partial charge on any atom is -0.496 e. The highest BCUT2D eigenvalue weighted by Crippen LogP contribution is 2.30. The van der Waals surface area contributed by atoms with Gasteiger partial charge in [-0.1, -0.05) is 23.7 Å². The van der Waals surface area contributed by atoms with E-state index in [9.17, 15) is 9.59 Å². The van der Waals surface area contributed by atoms with Crippen LogP contribution < -0.4 is 15.5 Å². The van der Waals surface area contributed by atoms with Crippen molar-refractivity contribution in [2.45, 2.75) is 19.8 Å². The monoisotopic (exact) mass is 385 g/mol. The third kappa shape index (κ3) is 4.86. The number of nitrogens with zero attached hydrogens (tertiary/aromatic N) is 1. The number of ether oxygens (including phenoxy) is 1. The molecule has 0 saturated heterocycles. The minimum atomic E-state index is -0.424. The molecule has 1 aliphatic carbocycles. The molecule has 0 unspecified atom stereocenters. The molecule has 2 N–H and O–H groups in total. The van der Waals surface area contributed by atoms with Gasteiger partial charge in [-0.05, 0) is 55.7 Å². The van der Waals surface area contributed by atoms with Crippen LogP contribution >= 0.6 is 11.6 Å². The summed E-state index contributed by atoms with van der Waals surface area (Å²) in [5.74, 6) is 0.167. The summed E-state index contributed by atoms with van der Waals surface area (Å²) < 4.78 is 5.18. The molecule has 0 atom stereocenters. The lowest BCUT2D eigenvalue weighted by Gasteiger charge is -2.09. The van der Waals surface area contributed by atoms with E-state index in [1.165, 1.54) is 13.2 Å². The van der Waals surface area contributed by atoms with Gasteiger partial charge in [0, 0.05) is 16.6 Å². The lowest BCUT2D eigenvalue weighted by Crippen LogP contribution is -2.20. The predicted octanol–water partition coefficient (Wildman–Crippen LogP) is 3.85. The molecule has 0 aromatic heterocycles. The molecule has 2 amide bonds. The van der Waals surface area contributed by atoms with Crippen LogP contribution in [0.5, 0.6) is 5.75 Å². The zero-order valence-electron chi connectivity index (χ0n) is 15.1. The number of anilines is 1. The van der Waals surface area contributed by atoms with Gasteiger partial charge in [0.1, 0.15) is 5.75 Å². The molecule has 7 heteroatoms. The van der Waals surface area contributed by atoms with Crippen LogP contribution in [0.3, 0.4) is 0 Å². The van der Waals surface area contributed by atoms with Crippen LogP contribution in [0.25, 0.3) is 0 Å². The Labute approximate surface area is 162 Å². The Balaban J connectivity index is 1.71. The summed E-state index contributed by atoms with van der Waals surface area (Å²) in [5, 5.41) is 7.48. The Morgan fingerprint density at radius 3 is 2.67 bits per heavy atom. The number of nitrogens with one attached hydrogen (secondary N) is 2. The maximum Gasteiger partial charge on any atom is 0.275 e. The van der Waals surface area contributed by atoms with Crippen molar-refractivity contribution in [2.75, 3.05) is 12.4 Å². The summed E-state index contributed by atoms with van der Waals surface area (Å²) in [6.45, 7) is 1.78. The summed E-state index contributed by atoms with van der Waals surface area (Å²) in [6.07, 6.45) is 1.90. The molecule has 0 radical (unpaired) electrons. The summed E-state index contributed by atoms with van der Waals surface area (Å²) >= 11 is 5.96. The Kier molecular flexibility index (Phi) is 5.76. The van der Waals surface area contributed by atoms with E-state index in [4.69, 9.17) is 16.3 Å². The van der Waals surface area contributed by atoms with Crippen molar-refractivity contribution in [1.82, 2.24) is 5.43 Å². The number of benzene rings is 2. The van der Waals surface area contributed by atoms with Crippen LogP contribution in [0.1, 0.15) is 35.7 Å². The van der Waals surface area contributed by atoms with Crippen molar-refractivity contribution in [3.63, 3.8) is 0 Å². The van der Waals surface area contributed by atoms with Gasteiger partial charge in [0.15, 0.2) is 0 Å². The second-order valence-corrected chi connectivity index (χ2v) is 6.76. The topological polar surface area (TPSA) is 79.8 Å². The quantitative estimate of drug-likeness (QED) is 0.585. The number of methoxy groups -OCH3 is 1. The van der Waals surface area contributed by atoms with Gasteiger partial charge in [0.2, 0.25) is 5.91 Å². The number of halogens is 1. The molecule has 27 heavy (non-hydrogen) atoms. The van der Waals surface area contributed by atoms with E-state index in [1.54, 1.807) is 19.1 Å². The molecule has 6 nitrogen and oxygen atoms in total. The fraction of sp³-hybridized carbons (Fsp3) is 0.250.